The van der Waals surface area contributed by atoms with Gasteiger partial charge in [-0.05, 0) is 27.2 Å². The lowest BCUT2D eigenvalue weighted by Crippen LogP contribution is -2.44. The van der Waals surface area contributed by atoms with Crippen LogP contribution in [0.2, 0.25) is 0 Å². The van der Waals surface area contributed by atoms with E-state index in [9.17, 15) is 9.90 Å². The zero-order valence-corrected chi connectivity index (χ0v) is 9.00. The Morgan fingerprint density at radius 3 is 2.64 bits per heavy atom. The van der Waals surface area contributed by atoms with Crippen molar-refractivity contribution < 1.29 is 9.90 Å². The number of carbonyl (C=O) groups is 1. The molecule has 1 aliphatic rings. The number of aliphatic hydroxyl groups is 1. The van der Waals surface area contributed by atoms with Crippen molar-refractivity contribution in [1.82, 2.24) is 10.2 Å². The molecule has 1 heterocycles. The Labute approximate surface area is 84.6 Å². The number of carbonyl (C=O) groups excluding carboxylic acids is 1. The van der Waals surface area contributed by atoms with Gasteiger partial charge in [-0.2, -0.15) is 0 Å². The summed E-state index contributed by atoms with van der Waals surface area (Å²) in [5.41, 5.74) is 0.446. The monoisotopic (exact) mass is 198 g/mol. The molecule has 2 N–H and O–H groups in total. The van der Waals surface area contributed by atoms with Crippen LogP contribution in [0.15, 0.2) is 12.2 Å². The van der Waals surface area contributed by atoms with Crippen LogP contribution in [0.3, 0.4) is 0 Å². The largest absolute Gasteiger partial charge is 0.371 e. The van der Waals surface area contributed by atoms with Crippen molar-refractivity contribution >= 4 is 6.03 Å². The van der Waals surface area contributed by atoms with Crippen LogP contribution in [0.5, 0.6) is 0 Å². The summed E-state index contributed by atoms with van der Waals surface area (Å²) in [6.45, 7) is 9.79. The van der Waals surface area contributed by atoms with Crippen molar-refractivity contribution in [2.24, 2.45) is 0 Å². The van der Waals surface area contributed by atoms with Crippen molar-refractivity contribution in [2.45, 2.75) is 39.0 Å². The summed E-state index contributed by atoms with van der Waals surface area (Å²) < 4.78 is 0. The van der Waals surface area contributed by atoms with Gasteiger partial charge in [0.1, 0.15) is 0 Å². The highest BCUT2D eigenvalue weighted by atomic mass is 16.3. The summed E-state index contributed by atoms with van der Waals surface area (Å²) in [6, 6.07) is -0.205. The van der Waals surface area contributed by atoms with Gasteiger partial charge in [0.15, 0.2) is 6.23 Å². The quantitative estimate of drug-likeness (QED) is 0.667. The van der Waals surface area contributed by atoms with E-state index in [1.54, 1.807) is 13.8 Å². The minimum Gasteiger partial charge on any atom is -0.371 e. The molecule has 1 fully saturated rings. The number of nitrogens with one attached hydrogen (secondary N) is 1. The number of aliphatic hydroxyl groups excluding tert-OH is 1. The fourth-order valence-corrected chi connectivity index (χ4v) is 1.45. The van der Waals surface area contributed by atoms with E-state index < -0.39 is 11.8 Å². The van der Waals surface area contributed by atoms with Crippen LogP contribution in [0, 0.1) is 0 Å². The summed E-state index contributed by atoms with van der Waals surface area (Å²) in [7, 11) is 0. The minimum atomic E-state index is -0.755. The molecule has 2 amide bonds. The Kier molecular flexibility index (Phi) is 2.85. The summed E-state index contributed by atoms with van der Waals surface area (Å²) in [4.78, 5) is 12.9. The van der Waals surface area contributed by atoms with Gasteiger partial charge in [0, 0.05) is 6.54 Å². The summed E-state index contributed by atoms with van der Waals surface area (Å²) in [5, 5.41) is 12.5. The first-order chi connectivity index (χ1) is 6.34. The Balaban J connectivity index is 2.61. The van der Waals surface area contributed by atoms with Gasteiger partial charge >= 0.3 is 6.03 Å². The number of hydrogen-bond donors (Lipinski definition) is 2. The molecule has 4 nitrogen and oxygen atoms in total. The molecule has 0 aromatic heterocycles. The second kappa shape index (κ2) is 3.61. The Morgan fingerprint density at radius 2 is 2.29 bits per heavy atom. The van der Waals surface area contributed by atoms with Gasteiger partial charge in [-0.25, -0.2) is 4.79 Å². The molecule has 0 aliphatic carbocycles. The third-order valence-corrected chi connectivity index (χ3v) is 2.41. The molecule has 0 aromatic carbocycles. The van der Waals surface area contributed by atoms with E-state index in [1.165, 1.54) is 4.90 Å². The van der Waals surface area contributed by atoms with Crippen LogP contribution in [0.1, 0.15) is 27.2 Å². The van der Waals surface area contributed by atoms with Crippen molar-refractivity contribution in [3.8, 4) is 0 Å². The first-order valence-corrected chi connectivity index (χ1v) is 4.76. The second-order valence-electron chi connectivity index (χ2n) is 4.43. The fourth-order valence-electron chi connectivity index (χ4n) is 1.45. The van der Waals surface area contributed by atoms with E-state index in [0.29, 0.717) is 6.54 Å². The SMILES string of the molecule is C=C(C)CCN1C(=O)NC(C)(C)C1O. The standard InChI is InChI=1S/C10H18N2O2/c1-7(2)5-6-12-8(13)10(3,4)11-9(12)14/h8,13H,1,5-6H2,2-4H3,(H,11,14). The lowest BCUT2D eigenvalue weighted by atomic mass is 10.1. The highest BCUT2D eigenvalue weighted by Crippen LogP contribution is 2.21. The third-order valence-electron chi connectivity index (χ3n) is 2.41. The molecule has 0 spiro atoms. The molecule has 0 saturated carbocycles. The lowest BCUT2D eigenvalue weighted by molar-refractivity contribution is 0.0153. The van der Waals surface area contributed by atoms with E-state index in [0.717, 1.165) is 12.0 Å². The molecule has 1 unspecified atom stereocenters. The zero-order chi connectivity index (χ0) is 10.9. The van der Waals surface area contributed by atoms with Crippen LogP contribution in [-0.2, 0) is 0 Å². The molecule has 0 bridgehead atoms. The van der Waals surface area contributed by atoms with Crippen LogP contribution >= 0.6 is 0 Å². The number of hydrogen-bond acceptors (Lipinski definition) is 2. The summed E-state index contributed by atoms with van der Waals surface area (Å²) in [5.74, 6) is 0. The molecule has 0 aromatic rings. The zero-order valence-electron chi connectivity index (χ0n) is 9.00. The van der Waals surface area contributed by atoms with Gasteiger partial charge in [-0.1, -0.05) is 5.57 Å². The van der Waals surface area contributed by atoms with Gasteiger partial charge in [0.05, 0.1) is 5.54 Å². The first kappa shape index (κ1) is 11.0. The third kappa shape index (κ3) is 2.07. The van der Waals surface area contributed by atoms with Crippen LogP contribution in [-0.4, -0.2) is 34.3 Å². The van der Waals surface area contributed by atoms with Crippen molar-refractivity contribution in [3.05, 3.63) is 12.2 Å². The number of amides is 2. The van der Waals surface area contributed by atoms with E-state index in [1.807, 2.05) is 6.92 Å². The Bertz CT molecular complexity index is 261. The topological polar surface area (TPSA) is 52.6 Å². The van der Waals surface area contributed by atoms with Crippen molar-refractivity contribution in [3.63, 3.8) is 0 Å². The molecule has 1 aliphatic heterocycles. The van der Waals surface area contributed by atoms with Crippen LogP contribution in [0.25, 0.3) is 0 Å². The normalized spacial score (nSPS) is 25.0. The maximum absolute atomic E-state index is 11.4. The molecule has 0 radical (unpaired) electrons. The highest BCUT2D eigenvalue weighted by Gasteiger charge is 2.43. The maximum atomic E-state index is 11.4. The molecular weight excluding hydrogens is 180 g/mol. The van der Waals surface area contributed by atoms with Crippen molar-refractivity contribution in [1.29, 1.82) is 0 Å². The van der Waals surface area contributed by atoms with Crippen LogP contribution < -0.4 is 5.32 Å². The van der Waals surface area contributed by atoms with E-state index in [4.69, 9.17) is 0 Å². The summed E-state index contributed by atoms with van der Waals surface area (Å²) in [6.07, 6.45) is -0.0325. The van der Waals surface area contributed by atoms with E-state index in [2.05, 4.69) is 11.9 Å². The maximum Gasteiger partial charge on any atom is 0.320 e. The molecule has 1 atom stereocenters. The second-order valence-corrected chi connectivity index (χ2v) is 4.43. The minimum absolute atomic E-state index is 0.205. The first-order valence-electron chi connectivity index (χ1n) is 4.76. The van der Waals surface area contributed by atoms with Gasteiger partial charge in [0.2, 0.25) is 0 Å². The molecule has 1 saturated heterocycles. The molecule has 14 heavy (non-hydrogen) atoms. The van der Waals surface area contributed by atoms with Gasteiger partial charge < -0.3 is 10.4 Å². The molecule has 1 rings (SSSR count). The predicted molar refractivity (Wildman–Crippen MR) is 54.8 cm³/mol. The van der Waals surface area contributed by atoms with Crippen LogP contribution in [0.4, 0.5) is 4.79 Å². The fraction of sp³-hybridized carbons (Fsp3) is 0.700. The number of rotatable bonds is 3. The van der Waals surface area contributed by atoms with E-state index >= 15 is 0 Å². The average Bonchev–Trinajstić information content (AvgIpc) is 2.19. The lowest BCUT2D eigenvalue weighted by Gasteiger charge is -2.25. The summed E-state index contributed by atoms with van der Waals surface area (Å²) >= 11 is 0. The Morgan fingerprint density at radius 1 is 1.71 bits per heavy atom. The number of urea groups is 1. The molecule has 4 heteroatoms. The van der Waals surface area contributed by atoms with Gasteiger partial charge in [0.25, 0.3) is 0 Å². The molecular formula is C10H18N2O2. The van der Waals surface area contributed by atoms with Gasteiger partial charge in [-0.3, -0.25) is 4.90 Å². The smallest absolute Gasteiger partial charge is 0.320 e. The average molecular weight is 198 g/mol. The highest BCUT2D eigenvalue weighted by molar-refractivity contribution is 5.78. The molecule has 80 valence electrons. The Hall–Kier alpha value is -1.03. The van der Waals surface area contributed by atoms with Crippen molar-refractivity contribution in [2.75, 3.05) is 6.54 Å². The number of nitrogens with zero attached hydrogens (tertiary/aromatic N) is 1. The van der Waals surface area contributed by atoms with E-state index in [-0.39, 0.29) is 6.03 Å². The van der Waals surface area contributed by atoms with Gasteiger partial charge in [-0.15, -0.1) is 6.58 Å². The predicted octanol–water partition coefficient (Wildman–Crippen LogP) is 1.07.